The van der Waals surface area contributed by atoms with Crippen LogP contribution in [0.1, 0.15) is 33.1 Å². The van der Waals surface area contributed by atoms with E-state index in [0.29, 0.717) is 12.3 Å². The molecule has 1 atom stereocenters. The van der Waals surface area contributed by atoms with Crippen LogP contribution in [0.4, 0.5) is 0 Å². The predicted molar refractivity (Wildman–Crippen MR) is 43.2 cm³/mol. The maximum absolute atomic E-state index is 11.2. The van der Waals surface area contributed by atoms with Crippen molar-refractivity contribution in [1.82, 2.24) is 0 Å². The second-order valence-electron chi connectivity index (χ2n) is 3.80. The fourth-order valence-electron chi connectivity index (χ4n) is 1.10. The van der Waals surface area contributed by atoms with Crippen LogP contribution in [-0.2, 0) is 4.79 Å². The van der Waals surface area contributed by atoms with E-state index in [1.165, 1.54) is 12.8 Å². The molecule has 1 N–H and O–H groups in total. The minimum atomic E-state index is -0.726. The Labute approximate surface area is 67.6 Å². The highest BCUT2D eigenvalue weighted by atomic mass is 16.3. The summed E-state index contributed by atoms with van der Waals surface area (Å²) >= 11 is 0. The number of rotatable bonds is 4. The molecular weight excluding hydrogens is 140 g/mol. The van der Waals surface area contributed by atoms with Gasteiger partial charge in [-0.1, -0.05) is 13.8 Å². The van der Waals surface area contributed by atoms with E-state index in [1.807, 2.05) is 13.8 Å². The molecule has 0 bridgehead atoms. The standard InChI is InChI=1S/C9H16O2/c1-6(2)9(11)8(10)5-7-3-4-7/h6-7,9,11H,3-5H2,1-2H3. The van der Waals surface area contributed by atoms with Gasteiger partial charge >= 0.3 is 0 Å². The second-order valence-corrected chi connectivity index (χ2v) is 3.80. The topological polar surface area (TPSA) is 37.3 Å². The summed E-state index contributed by atoms with van der Waals surface area (Å²) < 4.78 is 0. The molecule has 0 aromatic heterocycles. The first-order valence-electron chi connectivity index (χ1n) is 4.32. The summed E-state index contributed by atoms with van der Waals surface area (Å²) in [4.78, 5) is 11.2. The Morgan fingerprint density at radius 2 is 2.09 bits per heavy atom. The van der Waals surface area contributed by atoms with Gasteiger partial charge in [-0.15, -0.1) is 0 Å². The maximum Gasteiger partial charge on any atom is 0.161 e. The summed E-state index contributed by atoms with van der Waals surface area (Å²) in [5, 5.41) is 9.32. The quantitative estimate of drug-likeness (QED) is 0.667. The van der Waals surface area contributed by atoms with Crippen molar-refractivity contribution in [3.8, 4) is 0 Å². The molecule has 1 aliphatic rings. The van der Waals surface area contributed by atoms with Crippen LogP contribution in [0.3, 0.4) is 0 Å². The lowest BCUT2D eigenvalue weighted by Gasteiger charge is -2.11. The zero-order valence-electron chi connectivity index (χ0n) is 7.21. The monoisotopic (exact) mass is 156 g/mol. The largest absolute Gasteiger partial charge is 0.385 e. The fourth-order valence-corrected chi connectivity index (χ4v) is 1.10. The number of hydrogen-bond acceptors (Lipinski definition) is 2. The van der Waals surface area contributed by atoms with Crippen molar-refractivity contribution in [1.29, 1.82) is 0 Å². The molecule has 64 valence electrons. The Hall–Kier alpha value is -0.370. The van der Waals surface area contributed by atoms with Gasteiger partial charge in [-0.2, -0.15) is 0 Å². The molecule has 1 rings (SSSR count). The van der Waals surface area contributed by atoms with Crippen molar-refractivity contribution in [2.24, 2.45) is 11.8 Å². The normalized spacial score (nSPS) is 20.4. The van der Waals surface area contributed by atoms with Crippen LogP contribution >= 0.6 is 0 Å². The van der Waals surface area contributed by atoms with Gasteiger partial charge in [-0.25, -0.2) is 0 Å². The first-order valence-corrected chi connectivity index (χ1v) is 4.32. The third-order valence-corrected chi connectivity index (χ3v) is 2.15. The van der Waals surface area contributed by atoms with Crippen molar-refractivity contribution >= 4 is 5.78 Å². The summed E-state index contributed by atoms with van der Waals surface area (Å²) in [6, 6.07) is 0. The van der Waals surface area contributed by atoms with E-state index in [2.05, 4.69) is 0 Å². The number of ketones is 1. The van der Waals surface area contributed by atoms with E-state index in [0.717, 1.165) is 0 Å². The number of Topliss-reactive ketones (excluding diaryl/α,β-unsaturated/α-hetero) is 1. The van der Waals surface area contributed by atoms with Crippen molar-refractivity contribution in [2.75, 3.05) is 0 Å². The molecule has 1 saturated carbocycles. The number of aliphatic hydroxyl groups is 1. The van der Waals surface area contributed by atoms with E-state index >= 15 is 0 Å². The van der Waals surface area contributed by atoms with Gasteiger partial charge in [0.2, 0.25) is 0 Å². The van der Waals surface area contributed by atoms with Crippen LogP contribution < -0.4 is 0 Å². The highest BCUT2D eigenvalue weighted by molar-refractivity contribution is 5.83. The average molecular weight is 156 g/mol. The zero-order valence-corrected chi connectivity index (χ0v) is 7.21. The molecule has 0 heterocycles. The fraction of sp³-hybridized carbons (Fsp3) is 0.889. The van der Waals surface area contributed by atoms with E-state index in [4.69, 9.17) is 0 Å². The first-order chi connectivity index (χ1) is 5.11. The van der Waals surface area contributed by atoms with Crippen LogP contribution in [0.5, 0.6) is 0 Å². The number of carbonyl (C=O) groups excluding carboxylic acids is 1. The minimum absolute atomic E-state index is 0.0301. The Kier molecular flexibility index (Phi) is 2.66. The Morgan fingerprint density at radius 3 is 2.45 bits per heavy atom. The van der Waals surface area contributed by atoms with Crippen LogP contribution in [-0.4, -0.2) is 17.0 Å². The highest BCUT2D eigenvalue weighted by Crippen LogP contribution is 2.33. The molecule has 1 aliphatic carbocycles. The molecule has 0 aromatic carbocycles. The molecule has 0 aromatic rings. The Morgan fingerprint density at radius 1 is 1.55 bits per heavy atom. The average Bonchev–Trinajstić information content (AvgIpc) is 2.69. The maximum atomic E-state index is 11.2. The highest BCUT2D eigenvalue weighted by Gasteiger charge is 2.28. The molecule has 1 fully saturated rings. The van der Waals surface area contributed by atoms with Gasteiger partial charge < -0.3 is 5.11 Å². The van der Waals surface area contributed by atoms with Crippen molar-refractivity contribution in [2.45, 2.75) is 39.2 Å². The minimum Gasteiger partial charge on any atom is -0.385 e. The lowest BCUT2D eigenvalue weighted by Crippen LogP contribution is -2.26. The molecule has 0 aliphatic heterocycles. The third kappa shape index (κ3) is 2.62. The molecule has 1 unspecified atom stereocenters. The van der Waals surface area contributed by atoms with Gasteiger partial charge in [0.25, 0.3) is 0 Å². The van der Waals surface area contributed by atoms with E-state index in [-0.39, 0.29) is 11.7 Å². The van der Waals surface area contributed by atoms with Crippen LogP contribution in [0.2, 0.25) is 0 Å². The van der Waals surface area contributed by atoms with Crippen molar-refractivity contribution < 1.29 is 9.90 Å². The van der Waals surface area contributed by atoms with Gasteiger partial charge in [-0.05, 0) is 24.7 Å². The smallest absolute Gasteiger partial charge is 0.161 e. The van der Waals surface area contributed by atoms with E-state index < -0.39 is 6.10 Å². The lowest BCUT2D eigenvalue weighted by atomic mass is 10.00. The summed E-state index contributed by atoms with van der Waals surface area (Å²) in [5.74, 6) is 0.694. The molecule has 0 radical (unpaired) electrons. The van der Waals surface area contributed by atoms with Crippen LogP contribution in [0.15, 0.2) is 0 Å². The van der Waals surface area contributed by atoms with Gasteiger partial charge in [0, 0.05) is 6.42 Å². The number of carbonyl (C=O) groups is 1. The third-order valence-electron chi connectivity index (χ3n) is 2.15. The summed E-state index contributed by atoms with van der Waals surface area (Å²) in [6.07, 6.45) is 2.22. The van der Waals surface area contributed by atoms with Gasteiger partial charge in [-0.3, -0.25) is 4.79 Å². The van der Waals surface area contributed by atoms with E-state index in [9.17, 15) is 9.90 Å². The Balaban J connectivity index is 2.26. The van der Waals surface area contributed by atoms with Gasteiger partial charge in [0.1, 0.15) is 6.10 Å². The molecular formula is C9H16O2. The molecule has 2 heteroatoms. The van der Waals surface area contributed by atoms with Gasteiger partial charge in [0.05, 0.1) is 0 Å². The number of aliphatic hydroxyl groups excluding tert-OH is 1. The van der Waals surface area contributed by atoms with Crippen LogP contribution in [0.25, 0.3) is 0 Å². The number of hydrogen-bond donors (Lipinski definition) is 1. The summed E-state index contributed by atoms with van der Waals surface area (Å²) in [6.45, 7) is 3.74. The predicted octanol–water partition coefficient (Wildman–Crippen LogP) is 1.37. The Bertz CT molecular complexity index is 148. The summed E-state index contributed by atoms with van der Waals surface area (Å²) in [7, 11) is 0. The van der Waals surface area contributed by atoms with Gasteiger partial charge in [0.15, 0.2) is 5.78 Å². The van der Waals surface area contributed by atoms with Crippen molar-refractivity contribution in [3.05, 3.63) is 0 Å². The SMILES string of the molecule is CC(C)C(O)C(=O)CC1CC1. The molecule has 0 amide bonds. The molecule has 0 saturated heterocycles. The molecule has 0 spiro atoms. The zero-order chi connectivity index (χ0) is 8.43. The molecule has 11 heavy (non-hydrogen) atoms. The summed E-state index contributed by atoms with van der Waals surface area (Å²) in [5.41, 5.74) is 0. The van der Waals surface area contributed by atoms with Crippen LogP contribution in [0, 0.1) is 11.8 Å². The first kappa shape index (κ1) is 8.72. The van der Waals surface area contributed by atoms with Crippen molar-refractivity contribution in [3.63, 3.8) is 0 Å². The lowest BCUT2D eigenvalue weighted by molar-refractivity contribution is -0.129. The molecule has 2 nitrogen and oxygen atoms in total. The second kappa shape index (κ2) is 3.35. The van der Waals surface area contributed by atoms with E-state index in [1.54, 1.807) is 0 Å².